The molecule has 5 nitrogen and oxygen atoms in total. The predicted octanol–water partition coefficient (Wildman–Crippen LogP) is 4.01. The molecular formula is C20H20ClFN2O3. The molecule has 0 spiro atoms. The molecule has 0 unspecified atom stereocenters. The standard InChI is InChI=1S/C20H20ClFN2O3/c21-16-7-4-8-17(22)18(16)19(25)24-11-9-15(10-12-24)23-20(26)27-13-14-5-2-1-3-6-14/h1-8,15H,9-13H2,(H,23,26). The molecule has 1 N–H and O–H groups in total. The topological polar surface area (TPSA) is 58.6 Å². The van der Waals surface area contributed by atoms with Crippen molar-refractivity contribution in [2.45, 2.75) is 25.5 Å². The number of alkyl carbamates (subject to hydrolysis) is 1. The van der Waals surface area contributed by atoms with Gasteiger partial charge in [-0.05, 0) is 30.5 Å². The summed E-state index contributed by atoms with van der Waals surface area (Å²) in [5.74, 6) is -1.06. The van der Waals surface area contributed by atoms with Crippen molar-refractivity contribution in [2.75, 3.05) is 13.1 Å². The Morgan fingerprint density at radius 3 is 2.48 bits per heavy atom. The molecule has 2 amide bonds. The molecule has 0 bridgehead atoms. The highest BCUT2D eigenvalue weighted by atomic mass is 35.5. The molecule has 0 saturated carbocycles. The zero-order valence-electron chi connectivity index (χ0n) is 14.7. The van der Waals surface area contributed by atoms with Gasteiger partial charge in [0.25, 0.3) is 5.91 Å². The fourth-order valence-corrected chi connectivity index (χ4v) is 3.26. The number of piperidine rings is 1. The Bertz CT molecular complexity index is 788. The van der Waals surface area contributed by atoms with E-state index >= 15 is 0 Å². The van der Waals surface area contributed by atoms with Crippen molar-refractivity contribution < 1.29 is 18.7 Å². The Morgan fingerprint density at radius 1 is 1.11 bits per heavy atom. The van der Waals surface area contributed by atoms with Crippen molar-refractivity contribution in [2.24, 2.45) is 0 Å². The van der Waals surface area contributed by atoms with E-state index < -0.39 is 17.8 Å². The largest absolute Gasteiger partial charge is 0.445 e. The average Bonchev–Trinajstić information content (AvgIpc) is 2.67. The first-order valence-electron chi connectivity index (χ1n) is 8.75. The summed E-state index contributed by atoms with van der Waals surface area (Å²) < 4.78 is 19.1. The van der Waals surface area contributed by atoms with Crippen LogP contribution in [0.5, 0.6) is 0 Å². The number of hydrogen-bond donors (Lipinski definition) is 1. The number of ether oxygens (including phenoxy) is 1. The van der Waals surface area contributed by atoms with E-state index in [-0.39, 0.29) is 23.2 Å². The quantitative estimate of drug-likeness (QED) is 0.858. The SMILES string of the molecule is O=C(NC1CCN(C(=O)c2c(F)cccc2Cl)CC1)OCc1ccccc1. The van der Waals surface area contributed by atoms with Crippen LogP contribution in [0.3, 0.4) is 0 Å². The molecule has 1 aliphatic rings. The van der Waals surface area contributed by atoms with Gasteiger partial charge in [0.05, 0.1) is 10.6 Å². The summed E-state index contributed by atoms with van der Waals surface area (Å²) in [7, 11) is 0. The molecule has 1 aliphatic heterocycles. The monoisotopic (exact) mass is 390 g/mol. The number of nitrogens with zero attached hydrogens (tertiary/aromatic N) is 1. The highest BCUT2D eigenvalue weighted by Gasteiger charge is 2.27. The Hall–Kier alpha value is -2.60. The molecule has 2 aromatic rings. The van der Waals surface area contributed by atoms with Crippen LogP contribution < -0.4 is 5.32 Å². The molecule has 0 radical (unpaired) electrons. The van der Waals surface area contributed by atoms with E-state index in [1.165, 1.54) is 18.2 Å². The third kappa shape index (κ3) is 4.98. The number of rotatable bonds is 4. The van der Waals surface area contributed by atoms with Gasteiger partial charge in [0.1, 0.15) is 12.4 Å². The van der Waals surface area contributed by atoms with Crippen molar-refractivity contribution >= 4 is 23.6 Å². The van der Waals surface area contributed by atoms with Crippen molar-refractivity contribution in [1.29, 1.82) is 0 Å². The summed E-state index contributed by atoms with van der Waals surface area (Å²) in [4.78, 5) is 26.0. The smallest absolute Gasteiger partial charge is 0.407 e. The Labute approximate surface area is 162 Å². The summed E-state index contributed by atoms with van der Waals surface area (Å²) in [6.45, 7) is 1.02. The van der Waals surface area contributed by atoms with Gasteiger partial charge in [0.15, 0.2) is 0 Å². The third-order valence-corrected chi connectivity index (χ3v) is 4.81. The summed E-state index contributed by atoms with van der Waals surface area (Å²) in [5, 5.41) is 2.91. The van der Waals surface area contributed by atoms with Crippen LogP contribution in [0, 0.1) is 5.82 Å². The second kappa shape index (κ2) is 8.86. The Balaban J connectivity index is 1.47. The van der Waals surface area contributed by atoms with Crippen molar-refractivity contribution in [1.82, 2.24) is 10.2 Å². The van der Waals surface area contributed by atoms with Gasteiger partial charge < -0.3 is 15.0 Å². The van der Waals surface area contributed by atoms with E-state index in [0.717, 1.165) is 5.56 Å². The molecule has 1 fully saturated rings. The van der Waals surface area contributed by atoms with E-state index in [2.05, 4.69) is 5.32 Å². The summed E-state index contributed by atoms with van der Waals surface area (Å²) in [6.07, 6.45) is 0.650. The van der Waals surface area contributed by atoms with E-state index in [4.69, 9.17) is 16.3 Å². The van der Waals surface area contributed by atoms with Crippen LogP contribution in [0.1, 0.15) is 28.8 Å². The average molecular weight is 391 g/mol. The number of benzene rings is 2. The lowest BCUT2D eigenvalue weighted by molar-refractivity contribution is 0.0696. The molecule has 3 rings (SSSR count). The number of nitrogens with one attached hydrogen (secondary N) is 1. The molecule has 7 heteroatoms. The first kappa shape index (κ1) is 19.2. The van der Waals surface area contributed by atoms with Crippen molar-refractivity contribution in [3.63, 3.8) is 0 Å². The highest BCUT2D eigenvalue weighted by Crippen LogP contribution is 2.22. The molecule has 142 valence electrons. The van der Waals surface area contributed by atoms with E-state index in [1.807, 2.05) is 30.3 Å². The minimum Gasteiger partial charge on any atom is -0.445 e. The van der Waals surface area contributed by atoms with Gasteiger partial charge in [0.2, 0.25) is 0 Å². The molecule has 0 aromatic heterocycles. The molecular weight excluding hydrogens is 371 g/mol. The lowest BCUT2D eigenvalue weighted by Gasteiger charge is -2.32. The minimum absolute atomic E-state index is 0.0894. The maximum absolute atomic E-state index is 13.9. The van der Waals surface area contributed by atoms with Gasteiger partial charge in [-0.3, -0.25) is 4.79 Å². The number of carbonyl (C=O) groups excluding carboxylic acids is 2. The van der Waals surface area contributed by atoms with E-state index in [1.54, 1.807) is 4.90 Å². The molecule has 1 saturated heterocycles. The van der Waals surface area contributed by atoms with Crippen LogP contribution in [0.2, 0.25) is 5.02 Å². The fourth-order valence-electron chi connectivity index (χ4n) is 3.02. The van der Waals surface area contributed by atoms with Gasteiger partial charge in [-0.2, -0.15) is 0 Å². The number of halogens is 2. The predicted molar refractivity (Wildman–Crippen MR) is 100 cm³/mol. The minimum atomic E-state index is -0.628. The van der Waals surface area contributed by atoms with Gasteiger partial charge in [-0.25, -0.2) is 9.18 Å². The first-order valence-corrected chi connectivity index (χ1v) is 9.13. The maximum atomic E-state index is 13.9. The summed E-state index contributed by atoms with van der Waals surface area (Å²) in [6, 6.07) is 13.5. The zero-order valence-corrected chi connectivity index (χ0v) is 15.4. The number of amides is 2. The van der Waals surface area contributed by atoms with Crippen LogP contribution in [0.4, 0.5) is 9.18 Å². The summed E-state index contributed by atoms with van der Waals surface area (Å²) in [5.41, 5.74) is 0.808. The molecule has 0 atom stereocenters. The van der Waals surface area contributed by atoms with Crippen LogP contribution >= 0.6 is 11.6 Å². The van der Waals surface area contributed by atoms with E-state index in [0.29, 0.717) is 25.9 Å². The van der Waals surface area contributed by atoms with Crippen LogP contribution in [0.25, 0.3) is 0 Å². The van der Waals surface area contributed by atoms with Crippen LogP contribution in [0.15, 0.2) is 48.5 Å². The normalized spacial score (nSPS) is 14.7. The number of hydrogen-bond acceptors (Lipinski definition) is 3. The third-order valence-electron chi connectivity index (χ3n) is 4.49. The highest BCUT2D eigenvalue weighted by molar-refractivity contribution is 6.33. The Morgan fingerprint density at radius 2 is 1.81 bits per heavy atom. The van der Waals surface area contributed by atoms with Gasteiger partial charge in [-0.15, -0.1) is 0 Å². The Kier molecular flexibility index (Phi) is 6.29. The molecule has 27 heavy (non-hydrogen) atoms. The molecule has 2 aromatic carbocycles. The lowest BCUT2D eigenvalue weighted by Crippen LogP contribution is -2.46. The zero-order chi connectivity index (χ0) is 19.2. The second-order valence-corrected chi connectivity index (χ2v) is 6.78. The van der Waals surface area contributed by atoms with Crippen molar-refractivity contribution in [3.05, 3.63) is 70.5 Å². The van der Waals surface area contributed by atoms with Gasteiger partial charge in [-0.1, -0.05) is 48.0 Å². The maximum Gasteiger partial charge on any atom is 0.407 e. The number of likely N-dealkylation sites (tertiary alicyclic amines) is 1. The number of carbonyl (C=O) groups is 2. The van der Waals surface area contributed by atoms with Gasteiger partial charge in [0, 0.05) is 19.1 Å². The molecule has 1 heterocycles. The van der Waals surface area contributed by atoms with Gasteiger partial charge >= 0.3 is 6.09 Å². The lowest BCUT2D eigenvalue weighted by atomic mass is 10.0. The van der Waals surface area contributed by atoms with Crippen LogP contribution in [-0.4, -0.2) is 36.0 Å². The fraction of sp³-hybridized carbons (Fsp3) is 0.300. The van der Waals surface area contributed by atoms with E-state index in [9.17, 15) is 14.0 Å². The second-order valence-electron chi connectivity index (χ2n) is 6.37. The van der Waals surface area contributed by atoms with Crippen molar-refractivity contribution in [3.8, 4) is 0 Å². The first-order chi connectivity index (χ1) is 13.0. The summed E-state index contributed by atoms with van der Waals surface area (Å²) >= 11 is 5.97. The molecule has 0 aliphatic carbocycles. The van der Waals surface area contributed by atoms with Crippen LogP contribution in [-0.2, 0) is 11.3 Å².